The zero-order valence-electron chi connectivity index (χ0n) is 10.1. The molecule has 0 bridgehead atoms. The van der Waals surface area contributed by atoms with E-state index in [1.54, 1.807) is 21.7 Å². The van der Waals surface area contributed by atoms with Gasteiger partial charge in [0.15, 0.2) is 0 Å². The van der Waals surface area contributed by atoms with Gasteiger partial charge in [-0.05, 0) is 6.92 Å². The van der Waals surface area contributed by atoms with Crippen LogP contribution in [-0.2, 0) is 6.54 Å². The number of aromatic nitrogens is 2. The van der Waals surface area contributed by atoms with Gasteiger partial charge in [0.05, 0.1) is 11.9 Å². The number of aryl methyl sites for hydroxylation is 1. The lowest BCUT2D eigenvalue weighted by Gasteiger charge is -2.19. The van der Waals surface area contributed by atoms with Crippen LogP contribution >= 0.6 is 0 Å². The topological polar surface area (TPSA) is 64.2 Å². The average Bonchev–Trinajstić information content (AvgIpc) is 2.69. The Balaban J connectivity index is 3.03. The summed E-state index contributed by atoms with van der Waals surface area (Å²) in [5.74, 6) is -0.151. The van der Waals surface area contributed by atoms with Gasteiger partial charge in [0.2, 0.25) is 0 Å². The van der Waals surface area contributed by atoms with Crippen molar-refractivity contribution in [2.45, 2.75) is 13.5 Å². The first kappa shape index (κ1) is 13.0. The zero-order chi connectivity index (χ0) is 12.8. The van der Waals surface area contributed by atoms with Gasteiger partial charge in [0, 0.05) is 19.6 Å². The highest BCUT2D eigenvalue weighted by atomic mass is 16.2. The maximum atomic E-state index is 12.3. The van der Waals surface area contributed by atoms with E-state index >= 15 is 0 Å². The summed E-state index contributed by atoms with van der Waals surface area (Å²) in [4.78, 5) is 13.9. The van der Waals surface area contributed by atoms with Crippen molar-refractivity contribution >= 4 is 11.6 Å². The van der Waals surface area contributed by atoms with Crippen LogP contribution in [0, 0.1) is 0 Å². The van der Waals surface area contributed by atoms with Gasteiger partial charge in [-0.25, -0.2) is 0 Å². The number of nitrogens with two attached hydrogens (primary N) is 1. The number of anilines is 1. The second-order valence-corrected chi connectivity index (χ2v) is 3.55. The molecule has 0 aliphatic carbocycles. The maximum Gasteiger partial charge on any atom is 0.274 e. The highest BCUT2D eigenvalue weighted by molar-refractivity contribution is 5.97. The molecule has 5 nitrogen and oxygen atoms in total. The lowest BCUT2D eigenvalue weighted by Crippen LogP contribution is -2.33. The summed E-state index contributed by atoms with van der Waals surface area (Å²) < 4.78 is 1.59. The molecule has 5 heteroatoms. The predicted octanol–water partition coefficient (Wildman–Crippen LogP) is 1.30. The molecule has 0 radical (unpaired) electrons. The van der Waals surface area contributed by atoms with Crippen molar-refractivity contribution in [3.05, 3.63) is 37.2 Å². The fourth-order valence-corrected chi connectivity index (χ4v) is 1.58. The van der Waals surface area contributed by atoms with Crippen LogP contribution in [0.15, 0.2) is 31.5 Å². The van der Waals surface area contributed by atoms with Crippen molar-refractivity contribution in [2.75, 3.05) is 18.8 Å². The van der Waals surface area contributed by atoms with Gasteiger partial charge in [0.25, 0.3) is 5.91 Å². The number of nitrogen functional groups attached to an aromatic ring is 1. The molecule has 0 fully saturated rings. The highest BCUT2D eigenvalue weighted by Gasteiger charge is 2.20. The molecule has 0 saturated carbocycles. The number of hydrogen-bond acceptors (Lipinski definition) is 3. The quantitative estimate of drug-likeness (QED) is 0.754. The highest BCUT2D eigenvalue weighted by Crippen LogP contribution is 2.13. The number of hydrogen-bond donors (Lipinski definition) is 1. The van der Waals surface area contributed by atoms with Crippen LogP contribution in [0.3, 0.4) is 0 Å². The van der Waals surface area contributed by atoms with E-state index in [-0.39, 0.29) is 5.91 Å². The summed E-state index contributed by atoms with van der Waals surface area (Å²) in [6.45, 7) is 10.7. The number of amides is 1. The number of carbonyl (C=O) groups excluding carboxylic acids is 1. The maximum absolute atomic E-state index is 12.3. The third kappa shape index (κ3) is 2.75. The fraction of sp³-hybridized carbons (Fsp3) is 0.333. The Kier molecular flexibility index (Phi) is 4.51. The third-order valence-corrected chi connectivity index (χ3v) is 2.36. The van der Waals surface area contributed by atoms with Crippen molar-refractivity contribution in [1.82, 2.24) is 14.7 Å². The second kappa shape index (κ2) is 5.89. The van der Waals surface area contributed by atoms with Gasteiger partial charge in [-0.3, -0.25) is 9.48 Å². The van der Waals surface area contributed by atoms with E-state index in [1.807, 2.05) is 6.92 Å². The Morgan fingerprint density at radius 1 is 1.53 bits per heavy atom. The van der Waals surface area contributed by atoms with Gasteiger partial charge in [0.1, 0.15) is 5.69 Å². The number of nitrogens with zero attached hydrogens (tertiary/aromatic N) is 3. The van der Waals surface area contributed by atoms with E-state index in [9.17, 15) is 4.79 Å². The molecular weight excluding hydrogens is 216 g/mol. The van der Waals surface area contributed by atoms with Gasteiger partial charge in [-0.15, -0.1) is 13.2 Å². The molecule has 92 valence electrons. The van der Waals surface area contributed by atoms with Gasteiger partial charge in [-0.1, -0.05) is 12.2 Å². The Hall–Kier alpha value is -2.04. The molecule has 1 heterocycles. The van der Waals surface area contributed by atoms with Gasteiger partial charge in [-0.2, -0.15) is 5.10 Å². The van der Waals surface area contributed by atoms with Crippen LogP contribution in [-0.4, -0.2) is 33.7 Å². The Labute approximate surface area is 101 Å². The molecular formula is C12H18N4O. The summed E-state index contributed by atoms with van der Waals surface area (Å²) in [6, 6.07) is 0. The molecule has 0 saturated heterocycles. The molecule has 2 N–H and O–H groups in total. The summed E-state index contributed by atoms with van der Waals surface area (Å²) in [5.41, 5.74) is 6.59. The van der Waals surface area contributed by atoms with E-state index in [0.717, 1.165) is 0 Å². The number of rotatable bonds is 6. The first-order valence-electron chi connectivity index (χ1n) is 5.48. The minimum absolute atomic E-state index is 0.151. The van der Waals surface area contributed by atoms with Crippen molar-refractivity contribution in [2.24, 2.45) is 0 Å². The van der Waals surface area contributed by atoms with Gasteiger partial charge < -0.3 is 10.6 Å². The van der Waals surface area contributed by atoms with Gasteiger partial charge >= 0.3 is 0 Å². The Morgan fingerprint density at radius 3 is 2.59 bits per heavy atom. The SMILES string of the molecule is C=CCN(CC=C)C(=O)c1c(N)cnn1CC. The smallest absolute Gasteiger partial charge is 0.274 e. The van der Waals surface area contributed by atoms with Crippen LogP contribution in [0.5, 0.6) is 0 Å². The molecule has 17 heavy (non-hydrogen) atoms. The summed E-state index contributed by atoms with van der Waals surface area (Å²) in [6.07, 6.45) is 4.84. The summed E-state index contributed by atoms with van der Waals surface area (Å²) in [7, 11) is 0. The number of carbonyl (C=O) groups is 1. The summed E-state index contributed by atoms with van der Waals surface area (Å²) in [5, 5.41) is 4.05. The third-order valence-electron chi connectivity index (χ3n) is 2.36. The van der Waals surface area contributed by atoms with Crippen LogP contribution in [0.4, 0.5) is 5.69 Å². The molecule has 0 spiro atoms. The Bertz CT molecular complexity index is 412. The molecule has 0 aliphatic heterocycles. The van der Waals surface area contributed by atoms with E-state index in [2.05, 4.69) is 18.3 Å². The van der Waals surface area contributed by atoms with E-state index in [0.29, 0.717) is 31.0 Å². The van der Waals surface area contributed by atoms with Crippen LogP contribution < -0.4 is 5.73 Å². The first-order valence-corrected chi connectivity index (χ1v) is 5.48. The second-order valence-electron chi connectivity index (χ2n) is 3.55. The molecule has 0 aliphatic rings. The van der Waals surface area contributed by atoms with Crippen molar-refractivity contribution < 1.29 is 4.79 Å². The first-order chi connectivity index (χ1) is 8.15. The molecule has 1 amide bonds. The minimum atomic E-state index is -0.151. The zero-order valence-corrected chi connectivity index (χ0v) is 10.1. The van der Waals surface area contributed by atoms with E-state index in [4.69, 9.17) is 5.73 Å². The predicted molar refractivity (Wildman–Crippen MR) is 68.6 cm³/mol. The lowest BCUT2D eigenvalue weighted by molar-refractivity contribution is 0.0779. The average molecular weight is 234 g/mol. The molecule has 1 aromatic heterocycles. The van der Waals surface area contributed by atoms with E-state index < -0.39 is 0 Å². The standard InChI is InChI=1S/C12H18N4O/c1-4-7-15(8-5-2)12(17)11-10(13)9-14-16(11)6-3/h4-5,9H,1-2,6-8,13H2,3H3. The van der Waals surface area contributed by atoms with Crippen LogP contribution in [0.2, 0.25) is 0 Å². The van der Waals surface area contributed by atoms with Crippen LogP contribution in [0.25, 0.3) is 0 Å². The van der Waals surface area contributed by atoms with E-state index in [1.165, 1.54) is 6.20 Å². The largest absolute Gasteiger partial charge is 0.396 e. The van der Waals surface area contributed by atoms with Crippen molar-refractivity contribution in [3.8, 4) is 0 Å². The fourth-order valence-electron chi connectivity index (χ4n) is 1.58. The Morgan fingerprint density at radius 2 is 2.12 bits per heavy atom. The van der Waals surface area contributed by atoms with Crippen LogP contribution in [0.1, 0.15) is 17.4 Å². The minimum Gasteiger partial charge on any atom is -0.396 e. The van der Waals surface area contributed by atoms with Crippen molar-refractivity contribution in [1.29, 1.82) is 0 Å². The monoisotopic (exact) mass is 234 g/mol. The molecule has 1 rings (SSSR count). The molecule has 0 unspecified atom stereocenters. The molecule has 1 aromatic rings. The molecule has 0 aromatic carbocycles. The molecule has 0 atom stereocenters. The van der Waals surface area contributed by atoms with Crippen molar-refractivity contribution in [3.63, 3.8) is 0 Å². The lowest BCUT2D eigenvalue weighted by atomic mass is 10.3. The normalized spacial score (nSPS) is 9.94. The summed E-state index contributed by atoms with van der Waals surface area (Å²) >= 11 is 0.